The second-order valence-electron chi connectivity index (χ2n) is 3.17. The van der Waals surface area contributed by atoms with Crippen LogP contribution in [-0.2, 0) is 6.54 Å². The molecule has 88 valence electrons. The number of carboxylic acid groups (broad SMARTS) is 1. The van der Waals surface area contributed by atoms with Crippen LogP contribution < -0.4 is 5.32 Å². The lowest BCUT2D eigenvalue weighted by atomic mass is 10.4. The maximum Gasteiger partial charge on any atom is 0.371 e. The fraction of sp³-hybridized carbons (Fsp3) is 0.100. The van der Waals surface area contributed by atoms with Gasteiger partial charge < -0.3 is 14.8 Å². The van der Waals surface area contributed by atoms with Crippen molar-refractivity contribution < 1.29 is 14.3 Å². The number of anilines is 1. The lowest BCUT2D eigenvalue weighted by Gasteiger charge is -2.01. The zero-order valence-electron chi connectivity index (χ0n) is 8.55. The highest BCUT2D eigenvalue weighted by Crippen LogP contribution is 2.11. The van der Waals surface area contributed by atoms with Gasteiger partial charge in [0, 0.05) is 0 Å². The van der Waals surface area contributed by atoms with Gasteiger partial charge in [-0.05, 0) is 24.3 Å². The summed E-state index contributed by atoms with van der Waals surface area (Å²) in [6, 6.07) is 6.24. The fourth-order valence-corrected chi connectivity index (χ4v) is 1.28. The molecule has 2 rings (SSSR count). The maximum atomic E-state index is 10.6. The molecule has 0 radical (unpaired) electrons. The first-order chi connectivity index (χ1) is 8.15. The topological polar surface area (TPSA) is 88.2 Å². The number of carbonyl (C=O) groups is 1. The molecule has 0 aliphatic rings. The summed E-state index contributed by atoms with van der Waals surface area (Å²) in [4.78, 5) is 10.6. The number of carboxylic acids is 1. The van der Waals surface area contributed by atoms with Crippen LogP contribution in [0.4, 0.5) is 5.82 Å². The molecule has 0 aliphatic carbocycles. The van der Waals surface area contributed by atoms with Crippen molar-refractivity contribution >= 4 is 23.4 Å². The molecule has 0 atom stereocenters. The van der Waals surface area contributed by atoms with Crippen molar-refractivity contribution in [2.45, 2.75) is 6.54 Å². The minimum atomic E-state index is -1.09. The van der Waals surface area contributed by atoms with Crippen LogP contribution >= 0.6 is 11.6 Å². The first-order valence-electron chi connectivity index (χ1n) is 4.70. The zero-order chi connectivity index (χ0) is 12.3. The van der Waals surface area contributed by atoms with Crippen LogP contribution in [-0.4, -0.2) is 21.3 Å². The summed E-state index contributed by atoms with van der Waals surface area (Å²) in [5.74, 6) is -0.159. The highest BCUT2D eigenvalue weighted by molar-refractivity contribution is 6.29. The Hall–Kier alpha value is -2.08. The quantitative estimate of drug-likeness (QED) is 0.867. The Bertz CT molecular complexity index is 524. The van der Waals surface area contributed by atoms with Gasteiger partial charge in [0.2, 0.25) is 5.76 Å². The van der Waals surface area contributed by atoms with E-state index in [1.165, 1.54) is 6.07 Å². The smallest absolute Gasteiger partial charge is 0.371 e. The van der Waals surface area contributed by atoms with E-state index in [0.29, 0.717) is 23.3 Å². The van der Waals surface area contributed by atoms with Crippen LogP contribution in [0.15, 0.2) is 28.7 Å². The summed E-state index contributed by atoms with van der Waals surface area (Å²) < 4.78 is 5.05. The normalized spacial score (nSPS) is 10.2. The molecule has 7 heteroatoms. The van der Waals surface area contributed by atoms with Crippen LogP contribution in [0.25, 0.3) is 0 Å². The Balaban J connectivity index is 1.97. The maximum absolute atomic E-state index is 10.6. The van der Waals surface area contributed by atoms with Crippen LogP contribution in [0.1, 0.15) is 16.3 Å². The number of hydrogen-bond donors (Lipinski definition) is 2. The second kappa shape index (κ2) is 4.84. The van der Waals surface area contributed by atoms with Gasteiger partial charge in [0.05, 0.1) is 6.54 Å². The molecule has 2 aromatic heterocycles. The molecule has 2 aromatic rings. The molecule has 0 aliphatic heterocycles. The zero-order valence-corrected chi connectivity index (χ0v) is 9.31. The van der Waals surface area contributed by atoms with Crippen molar-refractivity contribution in [1.82, 2.24) is 10.2 Å². The molecule has 0 fully saturated rings. The summed E-state index contributed by atoms with van der Waals surface area (Å²) in [6.45, 7) is 0.323. The van der Waals surface area contributed by atoms with E-state index in [1.54, 1.807) is 18.2 Å². The van der Waals surface area contributed by atoms with Gasteiger partial charge in [-0.2, -0.15) is 0 Å². The second-order valence-corrected chi connectivity index (χ2v) is 3.55. The molecule has 0 unspecified atom stereocenters. The Kier molecular flexibility index (Phi) is 3.24. The summed E-state index contributed by atoms with van der Waals surface area (Å²) in [5.41, 5.74) is 0. The lowest BCUT2D eigenvalue weighted by Crippen LogP contribution is -2.01. The van der Waals surface area contributed by atoms with Crippen molar-refractivity contribution in [3.05, 3.63) is 40.9 Å². The van der Waals surface area contributed by atoms with E-state index in [-0.39, 0.29) is 5.76 Å². The van der Waals surface area contributed by atoms with Crippen LogP contribution in [0.5, 0.6) is 0 Å². The molecular formula is C10H8ClN3O3. The molecule has 0 aromatic carbocycles. The van der Waals surface area contributed by atoms with Crippen molar-refractivity contribution in [1.29, 1.82) is 0 Å². The van der Waals surface area contributed by atoms with Gasteiger partial charge in [0.25, 0.3) is 0 Å². The van der Waals surface area contributed by atoms with Gasteiger partial charge in [-0.15, -0.1) is 10.2 Å². The number of aromatic nitrogens is 2. The van der Waals surface area contributed by atoms with Crippen LogP contribution in [0.2, 0.25) is 5.15 Å². The third kappa shape index (κ3) is 2.94. The molecule has 6 nitrogen and oxygen atoms in total. The van der Waals surface area contributed by atoms with Gasteiger partial charge in [0.15, 0.2) is 5.15 Å². The standard InChI is InChI=1S/C10H8ClN3O3/c11-8-3-4-9(14-13-8)12-5-6-1-2-7(17-6)10(15)16/h1-4H,5H2,(H,12,14)(H,15,16). The minimum absolute atomic E-state index is 0.0935. The van der Waals surface area contributed by atoms with E-state index in [9.17, 15) is 4.79 Å². The van der Waals surface area contributed by atoms with Crippen molar-refractivity contribution in [2.24, 2.45) is 0 Å². The number of hydrogen-bond acceptors (Lipinski definition) is 5. The molecule has 17 heavy (non-hydrogen) atoms. The van der Waals surface area contributed by atoms with Gasteiger partial charge in [-0.25, -0.2) is 4.79 Å². The highest BCUT2D eigenvalue weighted by atomic mass is 35.5. The lowest BCUT2D eigenvalue weighted by molar-refractivity contribution is 0.0660. The number of aromatic carboxylic acids is 1. The number of halogens is 1. The van der Waals surface area contributed by atoms with Crippen molar-refractivity contribution in [2.75, 3.05) is 5.32 Å². The van der Waals surface area contributed by atoms with Gasteiger partial charge in [-0.3, -0.25) is 0 Å². The molecule has 2 N–H and O–H groups in total. The third-order valence-corrected chi connectivity index (χ3v) is 2.15. The Morgan fingerprint density at radius 3 is 2.76 bits per heavy atom. The summed E-state index contributed by atoms with van der Waals surface area (Å²) in [7, 11) is 0. The minimum Gasteiger partial charge on any atom is -0.475 e. The predicted octanol–water partition coefficient (Wildman–Crippen LogP) is 2.03. The van der Waals surface area contributed by atoms with Crippen molar-refractivity contribution in [3.8, 4) is 0 Å². The molecule has 2 heterocycles. The van der Waals surface area contributed by atoms with E-state index in [4.69, 9.17) is 21.1 Å². The molecule has 0 amide bonds. The van der Waals surface area contributed by atoms with E-state index in [1.807, 2.05) is 0 Å². The van der Waals surface area contributed by atoms with E-state index in [0.717, 1.165) is 0 Å². The van der Waals surface area contributed by atoms with Gasteiger partial charge >= 0.3 is 5.97 Å². The Labute approximate surface area is 101 Å². The van der Waals surface area contributed by atoms with Crippen molar-refractivity contribution in [3.63, 3.8) is 0 Å². The fourth-order valence-electron chi connectivity index (χ4n) is 1.18. The van der Waals surface area contributed by atoms with Crippen LogP contribution in [0.3, 0.4) is 0 Å². The average molecular weight is 254 g/mol. The van der Waals surface area contributed by atoms with E-state index in [2.05, 4.69) is 15.5 Å². The number of nitrogens with zero attached hydrogens (tertiary/aromatic N) is 2. The van der Waals surface area contributed by atoms with E-state index >= 15 is 0 Å². The van der Waals surface area contributed by atoms with Gasteiger partial charge in [0.1, 0.15) is 11.6 Å². The molecular weight excluding hydrogens is 246 g/mol. The number of rotatable bonds is 4. The molecule has 0 saturated carbocycles. The first-order valence-corrected chi connectivity index (χ1v) is 5.08. The monoisotopic (exact) mass is 253 g/mol. The summed E-state index contributed by atoms with van der Waals surface area (Å²) in [6.07, 6.45) is 0. The number of nitrogens with one attached hydrogen (secondary N) is 1. The Morgan fingerprint density at radius 2 is 2.18 bits per heavy atom. The summed E-state index contributed by atoms with van der Waals surface area (Å²) >= 11 is 5.58. The molecule has 0 spiro atoms. The first kappa shape index (κ1) is 11.4. The Morgan fingerprint density at radius 1 is 1.35 bits per heavy atom. The average Bonchev–Trinajstić information content (AvgIpc) is 2.77. The molecule has 0 bridgehead atoms. The van der Waals surface area contributed by atoms with E-state index < -0.39 is 5.97 Å². The largest absolute Gasteiger partial charge is 0.475 e. The third-order valence-electron chi connectivity index (χ3n) is 1.95. The van der Waals surface area contributed by atoms with Crippen LogP contribution in [0, 0.1) is 0 Å². The SMILES string of the molecule is O=C(O)c1ccc(CNc2ccc(Cl)nn2)o1. The molecule has 0 saturated heterocycles. The summed E-state index contributed by atoms with van der Waals surface area (Å²) in [5, 5.41) is 19.3. The number of furan rings is 1. The predicted molar refractivity (Wildman–Crippen MR) is 60.0 cm³/mol. The van der Waals surface area contributed by atoms with Gasteiger partial charge in [-0.1, -0.05) is 11.6 Å². The highest BCUT2D eigenvalue weighted by Gasteiger charge is 2.08.